The number of esters is 3. The third-order valence-electron chi connectivity index (χ3n) is 14.0. The summed E-state index contributed by atoms with van der Waals surface area (Å²) in [5.74, 6) is -1.20. The summed E-state index contributed by atoms with van der Waals surface area (Å²) in [7, 11) is 3.25. The quantitative estimate of drug-likeness (QED) is 0.00608. The first-order valence-corrected chi connectivity index (χ1v) is 32.1. The topological polar surface area (TPSA) is 290 Å². The van der Waals surface area contributed by atoms with Crippen LogP contribution in [0.4, 0.5) is 0 Å². The van der Waals surface area contributed by atoms with E-state index in [-0.39, 0.29) is 80.0 Å². The highest BCUT2D eigenvalue weighted by Crippen LogP contribution is 2.46. The molecule has 6 rings (SSSR count). The zero-order chi connectivity index (χ0) is 62.2. The van der Waals surface area contributed by atoms with Gasteiger partial charge in [-0.05, 0) is 68.9 Å². The van der Waals surface area contributed by atoms with E-state index in [0.717, 1.165) is 31.4 Å². The number of β-amino-alcohol motifs (C(OH)–C–C–N with tert-alkyl or cyclic N) is 1. The van der Waals surface area contributed by atoms with E-state index in [0.29, 0.717) is 57.0 Å². The molecule has 4 heterocycles. The van der Waals surface area contributed by atoms with E-state index >= 15 is 0 Å². The number of likely N-dealkylation sites (tertiary alicyclic amines) is 1. The van der Waals surface area contributed by atoms with Gasteiger partial charge < -0.3 is 64.2 Å². The number of ether oxygens (including phenoxy) is 7. The number of pyridine rings is 1. The normalized spacial score (nSPS) is 21.6. The molecular weight excluding hydrogens is 1160 g/mol. The molecule has 3 aliphatic rings. The Morgan fingerprint density at radius 1 is 0.793 bits per heavy atom. The van der Waals surface area contributed by atoms with Gasteiger partial charge in [0, 0.05) is 80.4 Å². The number of aromatic nitrogens is 1. The number of aliphatic hydroxyl groups excluding tert-OH is 4. The smallest absolute Gasteiger partial charge is 0.347 e. The number of unbranched alkanes of at least 4 members (excludes halogenated alkanes) is 1. The zero-order valence-electron chi connectivity index (χ0n) is 49.7. The molecule has 9 unspecified atom stereocenters. The van der Waals surface area contributed by atoms with Gasteiger partial charge >= 0.3 is 17.9 Å². The van der Waals surface area contributed by atoms with E-state index in [2.05, 4.69) is 70.4 Å². The molecular formula is C64H85N5O16S2. The molecule has 3 aliphatic heterocycles. The number of nitrogens with zero attached hydrogens (tertiary/aromatic N) is 2. The zero-order valence-corrected chi connectivity index (χ0v) is 51.4. The molecule has 21 nitrogen and oxygen atoms in total. The molecule has 7 N–H and O–H groups in total. The van der Waals surface area contributed by atoms with Crippen molar-refractivity contribution in [2.24, 2.45) is 5.41 Å². The molecule has 1 aromatic heterocycles. The Bertz CT molecular complexity index is 2770. The lowest BCUT2D eigenvalue weighted by molar-refractivity contribution is -0.161. The highest BCUT2D eigenvalue weighted by atomic mass is 33.1. The first-order chi connectivity index (χ1) is 42.2. The summed E-state index contributed by atoms with van der Waals surface area (Å²) < 4.78 is 40.9. The van der Waals surface area contributed by atoms with E-state index in [1.165, 1.54) is 30.6 Å². The second kappa shape index (κ2) is 38.4. The van der Waals surface area contributed by atoms with Crippen LogP contribution in [0, 0.1) is 5.41 Å². The van der Waals surface area contributed by atoms with Crippen LogP contribution in [0.25, 0.3) is 0 Å². The number of amides is 2. The second-order valence-corrected chi connectivity index (χ2v) is 24.1. The van der Waals surface area contributed by atoms with Crippen molar-refractivity contribution >= 4 is 51.3 Å². The Labute approximate surface area is 517 Å². The predicted octanol–water partition coefficient (Wildman–Crippen LogP) is 6.50. The minimum atomic E-state index is -1.31. The Morgan fingerprint density at radius 3 is 2.24 bits per heavy atom. The fourth-order valence-electron chi connectivity index (χ4n) is 9.02. The van der Waals surface area contributed by atoms with Gasteiger partial charge in [-0.25, -0.2) is 9.59 Å². The first kappa shape index (κ1) is 70.0. The lowest BCUT2D eigenvalue weighted by atomic mass is 9.86. The van der Waals surface area contributed by atoms with Crippen molar-refractivity contribution in [2.45, 2.75) is 127 Å². The van der Waals surface area contributed by atoms with Crippen LogP contribution in [0.5, 0.6) is 11.5 Å². The van der Waals surface area contributed by atoms with E-state index < -0.39 is 72.1 Å². The van der Waals surface area contributed by atoms with E-state index in [9.17, 15) is 44.4 Å². The number of epoxide rings is 2. The summed E-state index contributed by atoms with van der Waals surface area (Å²) >= 11 is 0. The molecule has 3 saturated heterocycles. The van der Waals surface area contributed by atoms with Crippen LogP contribution in [0.3, 0.4) is 0 Å². The lowest BCUT2D eigenvalue weighted by Gasteiger charge is -2.43. The van der Waals surface area contributed by atoms with Gasteiger partial charge in [0.05, 0.1) is 44.1 Å². The van der Waals surface area contributed by atoms with Crippen LogP contribution < -0.4 is 25.4 Å². The third kappa shape index (κ3) is 24.8. The Balaban J connectivity index is 0.925. The summed E-state index contributed by atoms with van der Waals surface area (Å²) in [4.78, 5) is 72.2. The molecule has 3 fully saturated rings. The van der Waals surface area contributed by atoms with Crippen LogP contribution in [0.2, 0.25) is 0 Å². The first-order valence-electron chi connectivity index (χ1n) is 29.6. The molecule has 0 aliphatic carbocycles. The number of carbonyl (C=O) groups is 5. The lowest BCUT2D eigenvalue weighted by Crippen LogP contribution is -2.62. The number of rotatable bonds is 40. The molecule has 3 aromatic rings. The molecule has 9 atom stereocenters. The highest BCUT2D eigenvalue weighted by Gasteiger charge is 2.50. The summed E-state index contributed by atoms with van der Waals surface area (Å²) in [6.45, 7) is 7.29. The van der Waals surface area contributed by atoms with Crippen LogP contribution in [0.1, 0.15) is 105 Å². The Morgan fingerprint density at radius 2 is 1.49 bits per heavy atom. The summed E-state index contributed by atoms with van der Waals surface area (Å²) in [5, 5.41) is 48.8. The molecule has 0 spiro atoms. The van der Waals surface area contributed by atoms with Gasteiger partial charge in [-0.3, -0.25) is 29.6 Å². The minimum Gasteiger partial charge on any atom is -0.465 e. The Kier molecular flexibility index (Phi) is 30.9. The largest absolute Gasteiger partial charge is 0.465 e. The number of aliphatic hydroxyl groups is 4. The number of piperidine rings is 1. The van der Waals surface area contributed by atoms with Crippen molar-refractivity contribution in [3.63, 3.8) is 0 Å². The number of allylic oxidation sites excluding steroid dienone is 10. The highest BCUT2D eigenvalue weighted by molar-refractivity contribution is 8.76. The molecule has 2 aromatic carbocycles. The van der Waals surface area contributed by atoms with Gasteiger partial charge in [0.2, 0.25) is 11.8 Å². The number of nitrogens with one attached hydrogen (secondary N) is 3. The van der Waals surface area contributed by atoms with Gasteiger partial charge in [0.1, 0.15) is 53.8 Å². The van der Waals surface area contributed by atoms with Gasteiger partial charge in [0.15, 0.2) is 6.29 Å². The van der Waals surface area contributed by atoms with E-state index in [1.54, 1.807) is 82.8 Å². The van der Waals surface area contributed by atoms with Crippen LogP contribution >= 0.6 is 21.6 Å². The maximum absolute atomic E-state index is 14.1. The fraction of sp³-hybridized carbons (Fsp3) is 0.500. The third-order valence-corrected chi connectivity index (χ3v) is 16.4. The van der Waals surface area contributed by atoms with Crippen molar-refractivity contribution in [3.05, 3.63) is 151 Å². The van der Waals surface area contributed by atoms with E-state index in [4.69, 9.17) is 33.2 Å². The maximum Gasteiger partial charge on any atom is 0.347 e. The van der Waals surface area contributed by atoms with Crippen molar-refractivity contribution < 1.29 is 77.6 Å². The van der Waals surface area contributed by atoms with Gasteiger partial charge in [0.25, 0.3) is 0 Å². The van der Waals surface area contributed by atoms with Gasteiger partial charge in [-0.1, -0.05) is 133 Å². The second-order valence-electron chi connectivity index (χ2n) is 21.4. The van der Waals surface area contributed by atoms with Gasteiger partial charge in [-0.15, -0.1) is 0 Å². The molecule has 87 heavy (non-hydrogen) atoms. The molecule has 0 radical (unpaired) electrons. The fourth-order valence-corrected chi connectivity index (χ4v) is 10.8. The van der Waals surface area contributed by atoms with Crippen molar-refractivity contribution in [2.75, 3.05) is 70.7 Å². The average molecular weight is 1240 g/mol. The van der Waals surface area contributed by atoms with Crippen molar-refractivity contribution in [1.82, 2.24) is 25.8 Å². The predicted molar refractivity (Wildman–Crippen MR) is 331 cm³/mol. The van der Waals surface area contributed by atoms with Crippen LogP contribution in [0.15, 0.2) is 134 Å². The number of benzene rings is 2. The number of para-hydroxylation sites is 2. The summed E-state index contributed by atoms with van der Waals surface area (Å²) in [6.07, 6.45) is 22.0. The Hall–Kier alpha value is -6.06. The summed E-state index contributed by atoms with van der Waals surface area (Å²) in [5.41, 5.74) is -0.463. The number of hydrogen-bond donors (Lipinski definition) is 7. The van der Waals surface area contributed by atoms with E-state index in [1.807, 2.05) is 18.2 Å². The number of carbonyl (C=O) groups excluding carboxylic acids is 5. The monoisotopic (exact) mass is 1240 g/mol. The van der Waals surface area contributed by atoms with Crippen LogP contribution in [-0.4, -0.2) is 180 Å². The molecule has 23 heteroatoms. The minimum absolute atomic E-state index is 0.00743. The number of hydrogen-bond acceptors (Lipinski definition) is 21. The van der Waals surface area contributed by atoms with Crippen molar-refractivity contribution in [1.29, 1.82) is 0 Å². The molecule has 474 valence electrons. The van der Waals surface area contributed by atoms with Crippen molar-refractivity contribution in [3.8, 4) is 11.5 Å². The summed E-state index contributed by atoms with van der Waals surface area (Å²) in [6, 6.07) is 15.3. The molecule has 0 bridgehead atoms. The SMILES string of the molecule is CCC=CCC=CCC=CCC=CC=CCCCC(=O)OCC(C)(C)C(OC1OC1c1ccccc1OC(=O)c1ccccc1OC(=O)c1cccnc1)C(=O)NCCC(=O)NCCSSCCNC1OC1COCCN1CC(O)C(O)C(O)C1CO. The van der Waals surface area contributed by atoms with Crippen LogP contribution in [-0.2, 0) is 38.1 Å². The standard InChI is InChI=1S/C64H85N5O16S2/c1-4-5-6-7-8-9-10-11-12-13-14-15-16-17-18-19-30-54(73)80-44-64(2,3)58(85-63-57(84-63)46-26-20-22-28-50(46)83-62(78)47-27-21-23-29-51(47)82-61(77)45-25-24-32-65-40-45)59(76)67-33-31-53(72)66-34-38-86-87-39-35-68-60-52(81-60)43-79-37-36-69-41-49(71)56(75)55(74)48(69)42-70/h5-6,8-9,11-12,14-17,20-29,32,40,48-49,52,55-58,60,63,68,70-71,74-75H,4,7,10,13,18-19,30-31,33-39,41-44H2,1-3H3,(H,66,72)(H,67,76). The molecule has 2 amide bonds. The molecule has 0 saturated carbocycles. The van der Waals surface area contributed by atoms with Gasteiger partial charge in [-0.2, -0.15) is 0 Å². The maximum atomic E-state index is 14.1. The average Bonchev–Trinajstić information content (AvgIpc) is 2.10.